The standard InChI is InChI=1S/C14H12N2O4S/c17-12-6-10(3-4-15-12)14(20)16-7-11-5-9(8-21-11)1-2-13(18)19/h1-6,8H,7H2,(H,15,17)(H,16,20)(H,18,19)/b2-1+. The maximum Gasteiger partial charge on any atom is 0.328 e. The summed E-state index contributed by atoms with van der Waals surface area (Å²) in [6.45, 7) is 0.317. The number of amides is 1. The van der Waals surface area contributed by atoms with E-state index >= 15 is 0 Å². The van der Waals surface area contributed by atoms with Crippen LogP contribution in [-0.4, -0.2) is 22.0 Å². The number of thiophene rings is 1. The molecular weight excluding hydrogens is 292 g/mol. The number of carboxylic acid groups (broad SMARTS) is 1. The molecule has 0 saturated heterocycles. The Morgan fingerprint density at radius 1 is 1.38 bits per heavy atom. The molecule has 0 bridgehead atoms. The van der Waals surface area contributed by atoms with Gasteiger partial charge in [0.15, 0.2) is 0 Å². The van der Waals surface area contributed by atoms with Gasteiger partial charge < -0.3 is 15.4 Å². The summed E-state index contributed by atoms with van der Waals surface area (Å²) >= 11 is 1.41. The quantitative estimate of drug-likeness (QED) is 0.728. The van der Waals surface area contributed by atoms with Crippen LogP contribution in [0.3, 0.4) is 0 Å². The maximum absolute atomic E-state index is 11.8. The van der Waals surface area contributed by atoms with Gasteiger partial charge in [0.1, 0.15) is 0 Å². The van der Waals surface area contributed by atoms with Crippen molar-refractivity contribution < 1.29 is 14.7 Å². The fourth-order valence-corrected chi connectivity index (χ4v) is 2.39. The Morgan fingerprint density at radius 2 is 2.19 bits per heavy atom. The molecule has 7 heteroatoms. The monoisotopic (exact) mass is 304 g/mol. The van der Waals surface area contributed by atoms with Gasteiger partial charge in [-0.05, 0) is 29.2 Å². The first-order chi connectivity index (χ1) is 10.0. The Hall–Kier alpha value is -2.67. The molecule has 0 unspecified atom stereocenters. The van der Waals surface area contributed by atoms with Gasteiger partial charge in [0.25, 0.3) is 5.91 Å². The van der Waals surface area contributed by atoms with E-state index in [1.807, 2.05) is 0 Å². The number of carboxylic acids is 1. The topological polar surface area (TPSA) is 99.3 Å². The number of hydrogen-bond acceptors (Lipinski definition) is 4. The molecule has 0 radical (unpaired) electrons. The zero-order chi connectivity index (χ0) is 15.2. The number of hydrogen-bond donors (Lipinski definition) is 3. The van der Waals surface area contributed by atoms with Crippen molar-refractivity contribution in [2.45, 2.75) is 6.54 Å². The van der Waals surface area contributed by atoms with Gasteiger partial charge in [-0.3, -0.25) is 9.59 Å². The Labute approximate surface area is 123 Å². The van der Waals surface area contributed by atoms with Crippen LogP contribution < -0.4 is 10.9 Å². The fraction of sp³-hybridized carbons (Fsp3) is 0.0714. The number of pyridine rings is 1. The van der Waals surface area contributed by atoms with Crippen LogP contribution in [0.25, 0.3) is 6.08 Å². The number of aliphatic carboxylic acids is 1. The van der Waals surface area contributed by atoms with E-state index < -0.39 is 5.97 Å². The number of H-pyrrole nitrogens is 1. The molecule has 0 aliphatic heterocycles. The fourth-order valence-electron chi connectivity index (χ4n) is 1.60. The third-order valence-corrected chi connectivity index (χ3v) is 3.51. The zero-order valence-corrected chi connectivity index (χ0v) is 11.6. The second-order valence-electron chi connectivity index (χ2n) is 4.14. The minimum absolute atomic E-state index is 0.293. The van der Waals surface area contributed by atoms with Crippen molar-refractivity contribution >= 4 is 29.3 Å². The molecule has 2 heterocycles. The third kappa shape index (κ3) is 4.43. The van der Waals surface area contributed by atoms with E-state index in [1.54, 1.807) is 11.4 Å². The lowest BCUT2D eigenvalue weighted by molar-refractivity contribution is -0.131. The van der Waals surface area contributed by atoms with Crippen molar-refractivity contribution in [3.05, 3.63) is 62.2 Å². The summed E-state index contributed by atoms with van der Waals surface area (Å²) in [5.41, 5.74) is 0.726. The minimum Gasteiger partial charge on any atom is -0.478 e. The van der Waals surface area contributed by atoms with Gasteiger partial charge in [-0.1, -0.05) is 0 Å². The molecule has 108 valence electrons. The van der Waals surface area contributed by atoms with Crippen molar-refractivity contribution in [1.29, 1.82) is 0 Å². The van der Waals surface area contributed by atoms with E-state index in [0.29, 0.717) is 12.1 Å². The smallest absolute Gasteiger partial charge is 0.328 e. The number of nitrogens with one attached hydrogen (secondary N) is 2. The molecule has 0 saturated carbocycles. The van der Waals surface area contributed by atoms with E-state index in [-0.39, 0.29) is 11.5 Å². The Morgan fingerprint density at radius 3 is 2.90 bits per heavy atom. The van der Waals surface area contributed by atoms with Gasteiger partial charge in [-0.15, -0.1) is 11.3 Å². The molecule has 2 aromatic rings. The van der Waals surface area contributed by atoms with Gasteiger partial charge in [-0.2, -0.15) is 0 Å². The second-order valence-corrected chi connectivity index (χ2v) is 5.14. The summed E-state index contributed by atoms with van der Waals surface area (Å²) in [5, 5.41) is 13.0. The summed E-state index contributed by atoms with van der Waals surface area (Å²) in [7, 11) is 0. The first kappa shape index (κ1) is 14.7. The second kappa shape index (κ2) is 6.67. The third-order valence-electron chi connectivity index (χ3n) is 2.55. The minimum atomic E-state index is -1.01. The molecule has 6 nitrogen and oxygen atoms in total. The maximum atomic E-state index is 11.8. The van der Waals surface area contributed by atoms with E-state index in [0.717, 1.165) is 16.5 Å². The molecule has 1 amide bonds. The predicted octanol–water partition coefficient (Wildman–Crippen LogP) is 1.46. The number of carbonyl (C=O) groups is 2. The van der Waals surface area contributed by atoms with Crippen LogP contribution in [0.1, 0.15) is 20.8 Å². The van der Waals surface area contributed by atoms with Gasteiger partial charge in [0.2, 0.25) is 5.56 Å². The van der Waals surface area contributed by atoms with E-state index in [2.05, 4.69) is 10.3 Å². The highest BCUT2D eigenvalue weighted by molar-refractivity contribution is 7.10. The summed E-state index contributed by atoms with van der Waals surface area (Å²) in [4.78, 5) is 36.7. The molecule has 3 N–H and O–H groups in total. The van der Waals surface area contributed by atoms with Gasteiger partial charge in [0, 0.05) is 28.8 Å². The normalized spacial score (nSPS) is 10.7. The molecule has 0 atom stereocenters. The highest BCUT2D eigenvalue weighted by Crippen LogP contribution is 2.16. The molecule has 21 heavy (non-hydrogen) atoms. The first-order valence-electron chi connectivity index (χ1n) is 6.00. The van der Waals surface area contributed by atoms with E-state index in [9.17, 15) is 14.4 Å². The molecule has 2 aromatic heterocycles. The number of carbonyl (C=O) groups excluding carboxylic acids is 1. The summed E-state index contributed by atoms with van der Waals surface area (Å²) in [6.07, 6.45) is 3.96. The highest BCUT2D eigenvalue weighted by atomic mass is 32.1. The average Bonchev–Trinajstić information content (AvgIpc) is 2.90. The molecular formula is C14H12N2O4S. The van der Waals surface area contributed by atoms with Gasteiger partial charge >= 0.3 is 5.97 Å². The van der Waals surface area contributed by atoms with Crippen molar-refractivity contribution in [2.75, 3.05) is 0 Å². The Balaban J connectivity index is 1.95. The summed E-state index contributed by atoms with van der Waals surface area (Å²) < 4.78 is 0. The Bertz CT molecular complexity index is 745. The molecule has 0 aromatic carbocycles. The van der Waals surface area contributed by atoms with Crippen LogP contribution in [-0.2, 0) is 11.3 Å². The van der Waals surface area contributed by atoms with Crippen LogP contribution in [0.2, 0.25) is 0 Å². The number of rotatable bonds is 5. The van der Waals surface area contributed by atoms with Crippen LogP contribution >= 0.6 is 11.3 Å². The Kier molecular flexibility index (Phi) is 4.68. The van der Waals surface area contributed by atoms with Crippen molar-refractivity contribution in [3.63, 3.8) is 0 Å². The number of aromatic nitrogens is 1. The van der Waals surface area contributed by atoms with Gasteiger partial charge in [-0.25, -0.2) is 4.79 Å². The lowest BCUT2D eigenvalue weighted by atomic mass is 10.2. The largest absolute Gasteiger partial charge is 0.478 e. The van der Waals surface area contributed by atoms with Crippen LogP contribution in [0.4, 0.5) is 0 Å². The molecule has 0 spiro atoms. The molecule has 0 aliphatic carbocycles. The zero-order valence-electron chi connectivity index (χ0n) is 10.8. The molecule has 0 fully saturated rings. The van der Waals surface area contributed by atoms with E-state index in [1.165, 1.54) is 35.7 Å². The van der Waals surface area contributed by atoms with Gasteiger partial charge in [0.05, 0.1) is 6.54 Å². The number of aromatic amines is 1. The summed E-state index contributed by atoms with van der Waals surface area (Å²) in [6, 6.07) is 4.54. The first-order valence-corrected chi connectivity index (χ1v) is 6.88. The SMILES string of the molecule is O=C(O)/C=C/c1csc(CNC(=O)c2cc[nH]c(=O)c2)c1. The van der Waals surface area contributed by atoms with Crippen LogP contribution in [0, 0.1) is 0 Å². The van der Waals surface area contributed by atoms with Crippen molar-refractivity contribution in [2.24, 2.45) is 0 Å². The van der Waals surface area contributed by atoms with Crippen LogP contribution in [0.5, 0.6) is 0 Å². The lowest BCUT2D eigenvalue weighted by Crippen LogP contribution is -2.23. The van der Waals surface area contributed by atoms with E-state index in [4.69, 9.17) is 5.11 Å². The van der Waals surface area contributed by atoms with Crippen LogP contribution in [0.15, 0.2) is 40.6 Å². The van der Waals surface area contributed by atoms with Crippen molar-refractivity contribution in [1.82, 2.24) is 10.3 Å². The highest BCUT2D eigenvalue weighted by Gasteiger charge is 2.06. The predicted molar refractivity (Wildman–Crippen MR) is 79.2 cm³/mol. The lowest BCUT2D eigenvalue weighted by Gasteiger charge is -2.02. The summed E-state index contributed by atoms with van der Waals surface area (Å²) in [5.74, 6) is -1.34. The average molecular weight is 304 g/mol. The van der Waals surface area contributed by atoms with Crippen molar-refractivity contribution in [3.8, 4) is 0 Å². The molecule has 2 rings (SSSR count). The molecule has 0 aliphatic rings.